The number of nitrogens with zero attached hydrogens (tertiary/aromatic N) is 1. The van der Waals surface area contributed by atoms with Gasteiger partial charge in [-0.2, -0.15) is 5.26 Å². The Labute approximate surface area is 197 Å². The molecule has 5 nitrogen and oxygen atoms in total. The first-order chi connectivity index (χ1) is 15.9. The van der Waals surface area contributed by atoms with Gasteiger partial charge in [0.15, 0.2) is 0 Å². The highest BCUT2D eigenvalue weighted by molar-refractivity contribution is 5.41. The smallest absolute Gasteiger partial charge is 0.119 e. The van der Waals surface area contributed by atoms with Crippen molar-refractivity contribution in [1.82, 2.24) is 0 Å². The minimum absolute atomic E-state index is 0.0870. The molecular formula is C28H33NO4. The highest BCUT2D eigenvalue weighted by Gasteiger charge is 2.25. The predicted octanol–water partition coefficient (Wildman–Crippen LogP) is 5.62. The number of allylic oxidation sites excluding steroid dienone is 3. The Bertz CT molecular complexity index is 850. The zero-order chi connectivity index (χ0) is 24.1. The van der Waals surface area contributed by atoms with E-state index in [0.717, 1.165) is 24.7 Å². The van der Waals surface area contributed by atoms with Crippen LogP contribution in [0.1, 0.15) is 25.0 Å². The van der Waals surface area contributed by atoms with Crippen LogP contribution in [0, 0.1) is 11.3 Å². The second kappa shape index (κ2) is 13.3. The minimum Gasteiger partial charge on any atom is -0.491 e. The molecule has 174 valence electrons. The highest BCUT2D eigenvalue weighted by atomic mass is 16.6. The molecule has 2 saturated heterocycles. The quantitative estimate of drug-likeness (QED) is 0.283. The largest absolute Gasteiger partial charge is 0.491 e. The lowest BCUT2D eigenvalue weighted by Crippen LogP contribution is -2.18. The zero-order valence-corrected chi connectivity index (χ0v) is 19.5. The van der Waals surface area contributed by atoms with Crippen molar-refractivity contribution in [3.05, 3.63) is 97.6 Å². The molecule has 0 radical (unpaired) electrons. The second-order valence-corrected chi connectivity index (χ2v) is 8.01. The van der Waals surface area contributed by atoms with E-state index in [2.05, 4.69) is 57.8 Å². The maximum absolute atomic E-state index is 7.51. The summed E-state index contributed by atoms with van der Waals surface area (Å²) in [5.41, 5.74) is 2.42. The van der Waals surface area contributed by atoms with Crippen LogP contribution in [-0.2, 0) is 14.9 Å². The van der Waals surface area contributed by atoms with Crippen LogP contribution in [-0.4, -0.2) is 38.6 Å². The lowest BCUT2D eigenvalue weighted by atomic mass is 9.78. The fourth-order valence-electron chi connectivity index (χ4n) is 2.81. The third-order valence-corrected chi connectivity index (χ3v) is 5.09. The average molecular weight is 448 g/mol. The van der Waals surface area contributed by atoms with E-state index in [4.69, 9.17) is 24.2 Å². The SMILES string of the molecule is C=CC#N.C=CC=C.CC(C)(c1ccc(OCC2CO2)cc1)c1ccc(OCC2CO2)cc1. The van der Waals surface area contributed by atoms with Crippen LogP contribution < -0.4 is 9.47 Å². The van der Waals surface area contributed by atoms with Gasteiger partial charge in [-0.25, -0.2) is 0 Å². The lowest BCUT2D eigenvalue weighted by molar-refractivity contribution is 0.263. The third-order valence-electron chi connectivity index (χ3n) is 5.09. The maximum Gasteiger partial charge on any atom is 0.119 e. The predicted molar refractivity (Wildman–Crippen MR) is 132 cm³/mol. The van der Waals surface area contributed by atoms with E-state index in [1.807, 2.05) is 24.3 Å². The van der Waals surface area contributed by atoms with E-state index in [9.17, 15) is 0 Å². The lowest BCUT2D eigenvalue weighted by Gasteiger charge is -2.26. The van der Waals surface area contributed by atoms with Crippen LogP contribution >= 0.6 is 0 Å². The van der Waals surface area contributed by atoms with Gasteiger partial charge in [0.2, 0.25) is 0 Å². The summed E-state index contributed by atoms with van der Waals surface area (Å²) in [4.78, 5) is 0. The number of benzene rings is 2. The molecule has 2 aromatic rings. The van der Waals surface area contributed by atoms with E-state index in [1.165, 1.54) is 17.2 Å². The molecule has 2 unspecified atom stereocenters. The van der Waals surface area contributed by atoms with Crippen LogP contribution in [0.2, 0.25) is 0 Å². The van der Waals surface area contributed by atoms with Gasteiger partial charge in [0, 0.05) is 11.5 Å². The van der Waals surface area contributed by atoms with Crippen molar-refractivity contribution in [3.63, 3.8) is 0 Å². The topological polar surface area (TPSA) is 67.3 Å². The molecule has 4 rings (SSSR count). The Morgan fingerprint density at radius 1 is 0.848 bits per heavy atom. The summed E-state index contributed by atoms with van der Waals surface area (Å²) in [7, 11) is 0. The van der Waals surface area contributed by atoms with Gasteiger partial charge >= 0.3 is 0 Å². The Kier molecular flexibility index (Phi) is 10.4. The summed E-state index contributed by atoms with van der Waals surface area (Å²) in [6.07, 6.45) is 5.02. The van der Waals surface area contributed by atoms with Crippen LogP contribution in [0.4, 0.5) is 0 Å². The Morgan fingerprint density at radius 3 is 1.42 bits per heavy atom. The molecule has 0 aromatic heterocycles. The number of rotatable bonds is 9. The first kappa shape index (κ1) is 25.9. The summed E-state index contributed by atoms with van der Waals surface area (Å²) in [6, 6.07) is 18.4. The number of hydrogen-bond donors (Lipinski definition) is 0. The number of ether oxygens (including phenoxy) is 4. The molecule has 0 aliphatic carbocycles. The molecule has 0 amide bonds. The average Bonchev–Trinajstić information content (AvgIpc) is 3.77. The van der Waals surface area contributed by atoms with Gasteiger partial charge in [0.1, 0.15) is 36.9 Å². The first-order valence-corrected chi connectivity index (χ1v) is 10.9. The minimum atomic E-state index is -0.0870. The molecule has 33 heavy (non-hydrogen) atoms. The van der Waals surface area contributed by atoms with Crippen LogP contribution in [0.5, 0.6) is 11.5 Å². The van der Waals surface area contributed by atoms with Crippen molar-refractivity contribution in [2.24, 2.45) is 0 Å². The first-order valence-electron chi connectivity index (χ1n) is 10.9. The molecule has 2 aliphatic heterocycles. The van der Waals surface area contributed by atoms with Gasteiger partial charge in [-0.15, -0.1) is 0 Å². The van der Waals surface area contributed by atoms with Gasteiger partial charge in [0.05, 0.1) is 19.3 Å². The van der Waals surface area contributed by atoms with E-state index < -0.39 is 0 Å². The van der Waals surface area contributed by atoms with Crippen molar-refractivity contribution in [2.75, 3.05) is 26.4 Å². The molecule has 5 heteroatoms. The van der Waals surface area contributed by atoms with Crippen LogP contribution in [0.15, 0.2) is 86.5 Å². The van der Waals surface area contributed by atoms with Crippen LogP contribution in [0.3, 0.4) is 0 Å². The molecule has 2 aromatic carbocycles. The third kappa shape index (κ3) is 9.36. The van der Waals surface area contributed by atoms with Gasteiger partial charge < -0.3 is 18.9 Å². The summed E-state index contributed by atoms with van der Waals surface area (Å²) in [6.45, 7) is 17.2. The van der Waals surface area contributed by atoms with Crippen molar-refractivity contribution in [3.8, 4) is 17.6 Å². The molecule has 2 aliphatic rings. The fourth-order valence-corrected chi connectivity index (χ4v) is 2.81. The maximum atomic E-state index is 7.51. The van der Waals surface area contributed by atoms with Crippen molar-refractivity contribution in [1.29, 1.82) is 5.26 Å². The summed E-state index contributed by atoms with van der Waals surface area (Å²) < 4.78 is 21.8. The number of hydrogen-bond acceptors (Lipinski definition) is 5. The van der Waals surface area contributed by atoms with Crippen molar-refractivity contribution < 1.29 is 18.9 Å². The Morgan fingerprint density at radius 2 is 1.18 bits per heavy atom. The molecule has 2 heterocycles. The Balaban J connectivity index is 0.000000420. The molecule has 0 spiro atoms. The summed E-state index contributed by atoms with van der Waals surface area (Å²) in [5.74, 6) is 1.78. The van der Waals surface area contributed by atoms with Gasteiger partial charge in [0.25, 0.3) is 0 Å². The highest BCUT2D eigenvalue weighted by Crippen LogP contribution is 2.33. The molecular weight excluding hydrogens is 414 g/mol. The molecule has 2 atom stereocenters. The number of nitriles is 1. The van der Waals surface area contributed by atoms with E-state index in [-0.39, 0.29) is 17.6 Å². The molecule has 0 N–H and O–H groups in total. The van der Waals surface area contributed by atoms with Crippen LogP contribution in [0.25, 0.3) is 0 Å². The zero-order valence-electron chi connectivity index (χ0n) is 19.5. The van der Waals surface area contributed by atoms with E-state index >= 15 is 0 Å². The summed E-state index contributed by atoms with van der Waals surface area (Å²) >= 11 is 0. The van der Waals surface area contributed by atoms with Gasteiger partial charge in [-0.05, 0) is 35.4 Å². The normalized spacial score (nSPS) is 17.5. The van der Waals surface area contributed by atoms with E-state index in [0.29, 0.717) is 13.2 Å². The molecule has 2 fully saturated rings. The van der Waals surface area contributed by atoms with Gasteiger partial charge in [-0.3, -0.25) is 0 Å². The van der Waals surface area contributed by atoms with Gasteiger partial charge in [-0.1, -0.05) is 70.0 Å². The van der Waals surface area contributed by atoms with Crippen molar-refractivity contribution in [2.45, 2.75) is 31.5 Å². The van der Waals surface area contributed by atoms with Crippen molar-refractivity contribution >= 4 is 0 Å². The number of epoxide rings is 2. The monoisotopic (exact) mass is 447 g/mol. The Hall–Kier alpha value is -3.33. The van der Waals surface area contributed by atoms with E-state index in [1.54, 1.807) is 18.2 Å². The fraction of sp³-hybridized carbons (Fsp3) is 0.321. The molecule has 0 saturated carbocycles. The summed E-state index contributed by atoms with van der Waals surface area (Å²) in [5, 5.41) is 7.51. The standard InChI is InChI=1S/C21H24O4.C4H6.C3H3N/c1-21(2,15-3-7-17(8-4-15)22-11-19-13-24-19)16-5-9-18(10-6-16)23-12-20-14-25-20;1-3-4-2;1-2-3-4/h3-10,19-20H,11-14H2,1-2H3;3-4H,1-2H2;2H,1H2. The second-order valence-electron chi connectivity index (χ2n) is 8.01. The molecule has 0 bridgehead atoms.